The highest BCUT2D eigenvalue weighted by Crippen LogP contribution is 2.29. The summed E-state index contributed by atoms with van der Waals surface area (Å²) in [6.07, 6.45) is 0.0107. The maximum Gasteiger partial charge on any atom is 0.416 e. The second-order valence-corrected chi connectivity index (χ2v) is 3.39. The molecule has 17 heavy (non-hydrogen) atoms. The summed E-state index contributed by atoms with van der Waals surface area (Å²) in [6, 6.07) is 1.91. The molecule has 0 aliphatic heterocycles. The zero-order chi connectivity index (χ0) is 12.3. The third-order valence-electron chi connectivity index (χ3n) is 2.12. The SMILES string of the molecule is FC(F)(F)c1ccnc(NCc2cn[nH]c2)c1. The van der Waals surface area contributed by atoms with Gasteiger partial charge in [-0.15, -0.1) is 0 Å². The highest BCUT2D eigenvalue weighted by atomic mass is 19.4. The van der Waals surface area contributed by atoms with Gasteiger partial charge in [0.1, 0.15) is 5.82 Å². The number of alkyl halides is 3. The van der Waals surface area contributed by atoms with Crippen LogP contribution in [0.5, 0.6) is 0 Å². The molecule has 0 bridgehead atoms. The summed E-state index contributed by atoms with van der Waals surface area (Å²) in [5.41, 5.74) is 0.117. The molecule has 4 nitrogen and oxygen atoms in total. The Kier molecular flexibility index (Phi) is 2.99. The van der Waals surface area contributed by atoms with Crippen LogP contribution in [0.2, 0.25) is 0 Å². The largest absolute Gasteiger partial charge is 0.416 e. The molecular weight excluding hydrogens is 233 g/mol. The molecule has 2 aromatic heterocycles. The van der Waals surface area contributed by atoms with Crippen molar-refractivity contribution in [3.05, 3.63) is 41.9 Å². The Balaban J connectivity index is 2.07. The summed E-state index contributed by atoms with van der Waals surface area (Å²) in [7, 11) is 0. The molecule has 0 aliphatic rings. The molecule has 0 radical (unpaired) electrons. The van der Waals surface area contributed by atoms with Gasteiger partial charge in [-0.25, -0.2) is 4.98 Å². The summed E-state index contributed by atoms with van der Waals surface area (Å²) in [5.74, 6) is 0.182. The minimum Gasteiger partial charge on any atom is -0.366 e. The lowest BCUT2D eigenvalue weighted by Crippen LogP contribution is -2.07. The highest BCUT2D eigenvalue weighted by molar-refractivity contribution is 5.39. The number of aromatic amines is 1. The van der Waals surface area contributed by atoms with Crippen molar-refractivity contribution in [2.24, 2.45) is 0 Å². The van der Waals surface area contributed by atoms with Crippen LogP contribution in [-0.4, -0.2) is 15.2 Å². The van der Waals surface area contributed by atoms with Gasteiger partial charge in [-0.3, -0.25) is 5.10 Å². The van der Waals surface area contributed by atoms with Crippen molar-refractivity contribution >= 4 is 5.82 Å². The van der Waals surface area contributed by atoms with E-state index in [1.807, 2.05) is 0 Å². The van der Waals surface area contributed by atoms with Gasteiger partial charge in [-0.1, -0.05) is 0 Å². The lowest BCUT2D eigenvalue weighted by molar-refractivity contribution is -0.137. The number of nitrogens with one attached hydrogen (secondary N) is 2. The van der Waals surface area contributed by atoms with E-state index in [9.17, 15) is 13.2 Å². The van der Waals surface area contributed by atoms with E-state index >= 15 is 0 Å². The lowest BCUT2D eigenvalue weighted by Gasteiger charge is -2.08. The van der Waals surface area contributed by atoms with Gasteiger partial charge in [0.25, 0.3) is 0 Å². The van der Waals surface area contributed by atoms with E-state index in [-0.39, 0.29) is 5.82 Å². The molecule has 0 fully saturated rings. The molecule has 90 valence electrons. The molecular formula is C10H9F3N4. The summed E-state index contributed by atoms with van der Waals surface area (Å²) in [5, 5.41) is 9.13. The maximum absolute atomic E-state index is 12.4. The predicted molar refractivity (Wildman–Crippen MR) is 55.2 cm³/mol. The van der Waals surface area contributed by atoms with Crippen LogP contribution < -0.4 is 5.32 Å². The van der Waals surface area contributed by atoms with E-state index in [1.165, 1.54) is 0 Å². The van der Waals surface area contributed by atoms with E-state index < -0.39 is 11.7 Å². The number of pyridine rings is 1. The van der Waals surface area contributed by atoms with E-state index in [0.717, 1.165) is 23.9 Å². The molecule has 2 heterocycles. The van der Waals surface area contributed by atoms with Gasteiger partial charge >= 0.3 is 6.18 Å². The van der Waals surface area contributed by atoms with Crippen LogP contribution in [0.4, 0.5) is 19.0 Å². The van der Waals surface area contributed by atoms with Crippen LogP contribution in [0.15, 0.2) is 30.7 Å². The topological polar surface area (TPSA) is 53.6 Å². The van der Waals surface area contributed by atoms with Crippen molar-refractivity contribution < 1.29 is 13.2 Å². The van der Waals surface area contributed by atoms with Gasteiger partial charge in [-0.05, 0) is 12.1 Å². The molecule has 0 saturated carbocycles. The molecule has 0 aliphatic carbocycles. The first-order chi connectivity index (χ1) is 8.05. The Morgan fingerprint density at radius 3 is 2.82 bits per heavy atom. The molecule has 2 N–H and O–H groups in total. The predicted octanol–water partition coefficient (Wildman–Crippen LogP) is 2.44. The summed E-state index contributed by atoms with van der Waals surface area (Å²) >= 11 is 0. The van der Waals surface area contributed by atoms with Crippen molar-refractivity contribution in [1.82, 2.24) is 15.2 Å². The molecule has 2 aromatic rings. The Bertz CT molecular complexity index is 479. The minimum atomic E-state index is -4.35. The first-order valence-corrected chi connectivity index (χ1v) is 4.80. The Morgan fingerprint density at radius 1 is 1.35 bits per heavy atom. The van der Waals surface area contributed by atoms with Crippen LogP contribution in [0.3, 0.4) is 0 Å². The van der Waals surface area contributed by atoms with Crippen molar-refractivity contribution in [3.63, 3.8) is 0 Å². The Morgan fingerprint density at radius 2 is 2.18 bits per heavy atom. The fraction of sp³-hybridized carbons (Fsp3) is 0.200. The van der Waals surface area contributed by atoms with E-state index in [1.54, 1.807) is 12.4 Å². The van der Waals surface area contributed by atoms with Crippen LogP contribution in [0.1, 0.15) is 11.1 Å². The number of halogens is 3. The lowest BCUT2D eigenvalue weighted by atomic mass is 10.2. The zero-order valence-electron chi connectivity index (χ0n) is 8.62. The number of anilines is 1. The van der Waals surface area contributed by atoms with E-state index in [2.05, 4.69) is 20.5 Å². The van der Waals surface area contributed by atoms with Gasteiger partial charge in [0.05, 0.1) is 11.8 Å². The Labute approximate surface area is 94.9 Å². The van der Waals surface area contributed by atoms with Crippen molar-refractivity contribution in [1.29, 1.82) is 0 Å². The number of aromatic nitrogens is 3. The molecule has 0 saturated heterocycles. The third kappa shape index (κ3) is 2.96. The third-order valence-corrected chi connectivity index (χ3v) is 2.12. The first-order valence-electron chi connectivity index (χ1n) is 4.80. The summed E-state index contributed by atoms with van der Waals surface area (Å²) in [6.45, 7) is 0.366. The first kappa shape index (κ1) is 11.4. The van der Waals surface area contributed by atoms with Gasteiger partial charge in [-0.2, -0.15) is 18.3 Å². The van der Waals surface area contributed by atoms with Gasteiger partial charge < -0.3 is 5.32 Å². The van der Waals surface area contributed by atoms with E-state index in [0.29, 0.717) is 6.54 Å². The standard InChI is InChI=1S/C10H9F3N4/c11-10(12,13)8-1-2-14-9(3-8)15-4-7-5-16-17-6-7/h1-3,5-6H,4H2,(H,14,15)(H,16,17). The molecule has 7 heteroatoms. The molecule has 0 aromatic carbocycles. The van der Waals surface area contributed by atoms with Crippen LogP contribution in [0.25, 0.3) is 0 Å². The number of nitrogens with zero attached hydrogens (tertiary/aromatic N) is 2. The molecule has 0 spiro atoms. The number of H-pyrrole nitrogens is 1. The monoisotopic (exact) mass is 242 g/mol. The quantitative estimate of drug-likeness (QED) is 0.869. The minimum absolute atomic E-state index is 0.182. The van der Waals surface area contributed by atoms with Crippen LogP contribution in [0, 0.1) is 0 Å². The number of hydrogen-bond donors (Lipinski definition) is 2. The molecule has 0 unspecified atom stereocenters. The fourth-order valence-corrected chi connectivity index (χ4v) is 1.27. The normalized spacial score (nSPS) is 11.5. The van der Waals surface area contributed by atoms with Gasteiger partial charge in [0, 0.05) is 24.5 Å². The Hall–Kier alpha value is -2.05. The second-order valence-electron chi connectivity index (χ2n) is 3.39. The second kappa shape index (κ2) is 4.44. The van der Waals surface area contributed by atoms with Crippen LogP contribution >= 0.6 is 0 Å². The maximum atomic E-state index is 12.4. The number of hydrogen-bond acceptors (Lipinski definition) is 3. The van der Waals surface area contributed by atoms with Crippen LogP contribution in [-0.2, 0) is 12.7 Å². The zero-order valence-corrected chi connectivity index (χ0v) is 8.62. The smallest absolute Gasteiger partial charge is 0.366 e. The highest BCUT2D eigenvalue weighted by Gasteiger charge is 2.30. The summed E-state index contributed by atoms with van der Waals surface area (Å²) in [4.78, 5) is 3.81. The average molecular weight is 242 g/mol. The number of rotatable bonds is 3. The fourth-order valence-electron chi connectivity index (χ4n) is 1.27. The van der Waals surface area contributed by atoms with E-state index in [4.69, 9.17) is 0 Å². The van der Waals surface area contributed by atoms with Gasteiger partial charge in [0.2, 0.25) is 0 Å². The van der Waals surface area contributed by atoms with Gasteiger partial charge in [0.15, 0.2) is 0 Å². The molecule has 0 atom stereocenters. The van der Waals surface area contributed by atoms with Crippen molar-refractivity contribution in [3.8, 4) is 0 Å². The van der Waals surface area contributed by atoms with Crippen molar-refractivity contribution in [2.75, 3.05) is 5.32 Å². The molecule has 2 rings (SSSR count). The summed E-state index contributed by atoms with van der Waals surface area (Å²) < 4.78 is 37.2. The molecule has 0 amide bonds. The average Bonchev–Trinajstić information content (AvgIpc) is 2.78. The van der Waals surface area contributed by atoms with Crippen molar-refractivity contribution in [2.45, 2.75) is 12.7 Å².